The molecule has 2 saturated heterocycles. The third kappa shape index (κ3) is 7.07. The van der Waals surface area contributed by atoms with E-state index in [1.54, 1.807) is 0 Å². The summed E-state index contributed by atoms with van der Waals surface area (Å²) in [4.78, 5) is 21.0. The van der Waals surface area contributed by atoms with Gasteiger partial charge in [-0.2, -0.15) is 0 Å². The second-order valence-corrected chi connectivity index (χ2v) is 6.82. The van der Waals surface area contributed by atoms with Gasteiger partial charge >= 0.3 is 0 Å². The van der Waals surface area contributed by atoms with E-state index in [0.29, 0.717) is 0 Å². The molecule has 0 aromatic carbocycles. The lowest BCUT2D eigenvalue weighted by Gasteiger charge is -2.20. The van der Waals surface area contributed by atoms with Crippen molar-refractivity contribution in [1.82, 2.24) is 20.4 Å². The van der Waals surface area contributed by atoms with Crippen molar-refractivity contribution in [3.8, 4) is 0 Å². The molecular weight excluding hydrogens is 302 g/mol. The van der Waals surface area contributed by atoms with E-state index in [9.17, 15) is 4.79 Å². The molecule has 0 spiro atoms. The SMILES string of the molecule is CCNC(=NCC(=O)N1CCCC1)NCCCN1CCCCCC1. The van der Waals surface area contributed by atoms with Gasteiger partial charge < -0.3 is 20.4 Å². The van der Waals surface area contributed by atoms with Crippen molar-refractivity contribution in [2.24, 2.45) is 4.99 Å². The topological polar surface area (TPSA) is 60.0 Å². The fourth-order valence-corrected chi connectivity index (χ4v) is 3.42. The van der Waals surface area contributed by atoms with Gasteiger partial charge in [0.1, 0.15) is 6.54 Å². The van der Waals surface area contributed by atoms with Crippen LogP contribution < -0.4 is 10.6 Å². The first-order valence-corrected chi connectivity index (χ1v) is 9.82. The fourth-order valence-electron chi connectivity index (χ4n) is 3.42. The molecule has 0 atom stereocenters. The molecule has 1 amide bonds. The Morgan fingerprint density at radius 2 is 1.62 bits per heavy atom. The van der Waals surface area contributed by atoms with E-state index >= 15 is 0 Å². The Hall–Kier alpha value is -1.30. The highest BCUT2D eigenvalue weighted by atomic mass is 16.2. The highest BCUT2D eigenvalue weighted by Crippen LogP contribution is 2.09. The Kier molecular flexibility index (Phi) is 8.95. The highest BCUT2D eigenvalue weighted by Gasteiger charge is 2.17. The molecule has 0 unspecified atom stereocenters. The summed E-state index contributed by atoms with van der Waals surface area (Å²) in [5, 5.41) is 6.59. The van der Waals surface area contributed by atoms with Crippen molar-refractivity contribution in [2.75, 3.05) is 52.4 Å². The van der Waals surface area contributed by atoms with Crippen molar-refractivity contribution in [3.05, 3.63) is 0 Å². The molecule has 0 radical (unpaired) electrons. The van der Waals surface area contributed by atoms with Crippen molar-refractivity contribution in [1.29, 1.82) is 0 Å². The largest absolute Gasteiger partial charge is 0.357 e. The molecule has 0 saturated carbocycles. The maximum atomic E-state index is 12.1. The van der Waals surface area contributed by atoms with E-state index in [1.165, 1.54) is 38.8 Å². The molecule has 24 heavy (non-hydrogen) atoms. The first kappa shape index (κ1) is 19.0. The van der Waals surface area contributed by atoms with Gasteiger partial charge in [0.15, 0.2) is 5.96 Å². The quantitative estimate of drug-likeness (QED) is 0.419. The Morgan fingerprint density at radius 3 is 2.29 bits per heavy atom. The molecule has 0 aromatic rings. The molecule has 2 rings (SSSR count). The maximum Gasteiger partial charge on any atom is 0.244 e. The van der Waals surface area contributed by atoms with Gasteiger partial charge in [-0.15, -0.1) is 0 Å². The number of carbonyl (C=O) groups excluding carboxylic acids is 1. The van der Waals surface area contributed by atoms with Crippen LogP contribution in [0.5, 0.6) is 0 Å². The number of carbonyl (C=O) groups is 1. The number of nitrogens with one attached hydrogen (secondary N) is 2. The summed E-state index contributed by atoms with van der Waals surface area (Å²) in [6.07, 6.45) is 8.83. The van der Waals surface area contributed by atoms with Gasteiger partial charge in [-0.05, 0) is 58.7 Å². The molecule has 0 aromatic heterocycles. The summed E-state index contributed by atoms with van der Waals surface area (Å²) in [5.41, 5.74) is 0. The molecule has 138 valence electrons. The summed E-state index contributed by atoms with van der Waals surface area (Å²) in [7, 11) is 0. The minimum atomic E-state index is 0.147. The van der Waals surface area contributed by atoms with Crippen molar-refractivity contribution in [3.63, 3.8) is 0 Å². The van der Waals surface area contributed by atoms with Crippen LogP contribution in [-0.4, -0.2) is 74.0 Å². The second-order valence-electron chi connectivity index (χ2n) is 6.82. The third-order valence-electron chi connectivity index (χ3n) is 4.82. The van der Waals surface area contributed by atoms with Crippen LogP contribution in [-0.2, 0) is 4.79 Å². The lowest BCUT2D eigenvalue weighted by atomic mass is 10.2. The smallest absolute Gasteiger partial charge is 0.244 e. The van der Waals surface area contributed by atoms with Crippen molar-refractivity contribution < 1.29 is 4.79 Å². The molecule has 2 N–H and O–H groups in total. The molecule has 0 bridgehead atoms. The van der Waals surface area contributed by atoms with Gasteiger partial charge in [0, 0.05) is 26.2 Å². The Labute approximate surface area is 147 Å². The van der Waals surface area contributed by atoms with Gasteiger partial charge in [-0.3, -0.25) is 4.79 Å². The van der Waals surface area contributed by atoms with Crippen LogP contribution in [0.15, 0.2) is 4.99 Å². The monoisotopic (exact) mass is 337 g/mol. The van der Waals surface area contributed by atoms with Crippen LogP contribution in [0.3, 0.4) is 0 Å². The predicted octanol–water partition coefficient (Wildman–Crippen LogP) is 1.43. The normalized spacial score (nSPS) is 20.0. The molecule has 2 aliphatic rings. The van der Waals surface area contributed by atoms with Crippen LogP contribution in [0, 0.1) is 0 Å². The minimum absolute atomic E-state index is 0.147. The van der Waals surface area contributed by atoms with Crippen LogP contribution >= 0.6 is 0 Å². The number of amides is 1. The van der Waals surface area contributed by atoms with E-state index in [-0.39, 0.29) is 12.5 Å². The molecule has 6 heteroatoms. The van der Waals surface area contributed by atoms with E-state index in [1.807, 2.05) is 4.90 Å². The summed E-state index contributed by atoms with van der Waals surface area (Å²) in [5.74, 6) is 0.912. The zero-order valence-corrected chi connectivity index (χ0v) is 15.4. The lowest BCUT2D eigenvalue weighted by Crippen LogP contribution is -2.40. The summed E-state index contributed by atoms with van der Waals surface area (Å²) < 4.78 is 0. The Morgan fingerprint density at radius 1 is 0.958 bits per heavy atom. The lowest BCUT2D eigenvalue weighted by molar-refractivity contribution is -0.128. The van der Waals surface area contributed by atoms with Crippen molar-refractivity contribution in [2.45, 2.75) is 51.9 Å². The number of rotatable bonds is 7. The predicted molar refractivity (Wildman–Crippen MR) is 99.3 cm³/mol. The number of likely N-dealkylation sites (tertiary alicyclic amines) is 2. The highest BCUT2D eigenvalue weighted by molar-refractivity contribution is 5.85. The third-order valence-corrected chi connectivity index (χ3v) is 4.82. The molecule has 2 fully saturated rings. The van der Waals surface area contributed by atoms with E-state index in [4.69, 9.17) is 0 Å². The zero-order chi connectivity index (χ0) is 17.0. The molecule has 2 heterocycles. The number of hydrogen-bond acceptors (Lipinski definition) is 3. The fraction of sp³-hybridized carbons (Fsp3) is 0.889. The number of hydrogen-bond donors (Lipinski definition) is 2. The van der Waals surface area contributed by atoms with Gasteiger partial charge in [-0.1, -0.05) is 12.8 Å². The van der Waals surface area contributed by atoms with E-state index < -0.39 is 0 Å². The number of guanidine groups is 1. The first-order chi connectivity index (χ1) is 11.8. The van der Waals surface area contributed by atoms with Crippen LogP contribution in [0.1, 0.15) is 51.9 Å². The molecule has 0 aliphatic carbocycles. The molecule has 6 nitrogen and oxygen atoms in total. The van der Waals surface area contributed by atoms with E-state index in [2.05, 4.69) is 27.4 Å². The summed E-state index contributed by atoms with van der Waals surface area (Å²) >= 11 is 0. The van der Waals surface area contributed by atoms with Gasteiger partial charge in [0.05, 0.1) is 0 Å². The van der Waals surface area contributed by atoms with Gasteiger partial charge in [0.25, 0.3) is 0 Å². The average molecular weight is 338 g/mol. The second kappa shape index (κ2) is 11.3. The molecular formula is C18H35N5O. The van der Waals surface area contributed by atoms with Gasteiger partial charge in [-0.25, -0.2) is 4.99 Å². The van der Waals surface area contributed by atoms with Crippen LogP contribution in [0.2, 0.25) is 0 Å². The first-order valence-electron chi connectivity index (χ1n) is 9.82. The maximum absolute atomic E-state index is 12.1. The zero-order valence-electron chi connectivity index (χ0n) is 15.4. The Balaban J connectivity index is 1.65. The van der Waals surface area contributed by atoms with Crippen molar-refractivity contribution >= 4 is 11.9 Å². The number of aliphatic imine (C=N–C) groups is 1. The minimum Gasteiger partial charge on any atom is -0.357 e. The van der Waals surface area contributed by atoms with E-state index in [0.717, 1.165) is 57.9 Å². The number of nitrogens with zero attached hydrogens (tertiary/aromatic N) is 3. The average Bonchev–Trinajstić information content (AvgIpc) is 3.01. The standard InChI is InChI=1S/C18H35N5O/c1-2-19-18(21-16-17(24)23-14-7-8-15-23)20-10-9-13-22-11-5-3-4-6-12-22/h2-16H2,1H3,(H2,19,20,21). The summed E-state index contributed by atoms with van der Waals surface area (Å²) in [6, 6.07) is 0. The summed E-state index contributed by atoms with van der Waals surface area (Å²) in [6.45, 7) is 9.46. The van der Waals surface area contributed by atoms with Crippen LogP contribution in [0.25, 0.3) is 0 Å². The Bertz CT molecular complexity index is 385. The molecule has 2 aliphatic heterocycles. The van der Waals surface area contributed by atoms with Crippen LogP contribution in [0.4, 0.5) is 0 Å². The van der Waals surface area contributed by atoms with Gasteiger partial charge in [0.2, 0.25) is 5.91 Å².